The molecule has 4 rings (SSSR count). The molecule has 0 atom stereocenters. The third-order valence-corrected chi connectivity index (χ3v) is 5.91. The number of carbonyl (C=O) groups is 1. The van der Waals surface area contributed by atoms with Gasteiger partial charge in [-0.05, 0) is 70.2 Å². The molecule has 4 aromatic rings. The molecule has 0 spiro atoms. The third kappa shape index (κ3) is 6.02. The standard InChI is InChI=1S/C22H14Cl6N4O4/c23-21(24,25)20(35)30-8-11-2-4-15-13(6-11)19(34)17-16(32-15)18(33)12-5-10(1-3-14(12)31-17)7-29-9-36-22(26,27)28/h1-6,9H,7-8H2,(H,30,35)(H,31,33)(H,32,34). The summed E-state index contributed by atoms with van der Waals surface area (Å²) in [4.78, 5) is 48.4. The highest BCUT2D eigenvalue weighted by molar-refractivity contribution is 6.76. The van der Waals surface area contributed by atoms with E-state index in [2.05, 4.69) is 20.3 Å². The molecule has 1 amide bonds. The second-order valence-electron chi connectivity index (χ2n) is 7.61. The molecule has 36 heavy (non-hydrogen) atoms. The number of fused-ring (bicyclic) bond motifs is 3. The molecule has 0 fully saturated rings. The van der Waals surface area contributed by atoms with Crippen molar-refractivity contribution < 1.29 is 9.53 Å². The maximum Gasteiger partial charge on any atom is 0.339 e. The minimum Gasteiger partial charge on any atom is -0.435 e. The Balaban J connectivity index is 1.71. The first-order valence-corrected chi connectivity index (χ1v) is 12.3. The molecule has 0 saturated heterocycles. The summed E-state index contributed by atoms with van der Waals surface area (Å²) >= 11 is 33.1. The largest absolute Gasteiger partial charge is 0.435 e. The predicted octanol–water partition coefficient (Wildman–Crippen LogP) is 5.38. The van der Waals surface area contributed by atoms with Gasteiger partial charge in [-0.15, -0.1) is 0 Å². The lowest BCUT2D eigenvalue weighted by Gasteiger charge is -2.12. The van der Waals surface area contributed by atoms with E-state index in [1.807, 2.05) is 0 Å². The number of amides is 1. The number of aromatic amines is 2. The zero-order chi connectivity index (χ0) is 26.3. The van der Waals surface area contributed by atoms with Gasteiger partial charge in [-0.3, -0.25) is 19.4 Å². The van der Waals surface area contributed by atoms with Crippen LogP contribution in [0.25, 0.3) is 32.8 Å². The van der Waals surface area contributed by atoms with Crippen molar-refractivity contribution >= 4 is 115 Å². The molecule has 8 nitrogen and oxygen atoms in total. The van der Waals surface area contributed by atoms with Crippen LogP contribution >= 0.6 is 69.6 Å². The SMILES string of the molecule is O=C(NCc1ccc2[nH]c3c(=O)c4cc(CN=COC(Cl)(Cl)Cl)ccc4[nH]c3c(=O)c2c1)C(Cl)(Cl)Cl. The summed E-state index contributed by atoms with van der Waals surface area (Å²) in [5.74, 6) is -0.793. The molecular weight excluding hydrogens is 597 g/mol. The highest BCUT2D eigenvalue weighted by Gasteiger charge is 2.30. The summed E-state index contributed by atoms with van der Waals surface area (Å²) in [6.45, 7) is 0.201. The Morgan fingerprint density at radius 1 is 0.889 bits per heavy atom. The quantitative estimate of drug-likeness (QED) is 0.122. The summed E-state index contributed by atoms with van der Waals surface area (Å²) in [5, 5.41) is 3.16. The second-order valence-corrected chi connectivity index (χ2v) is 12.1. The second kappa shape index (κ2) is 10.3. The first-order chi connectivity index (χ1) is 16.8. The Morgan fingerprint density at radius 3 is 1.94 bits per heavy atom. The van der Waals surface area contributed by atoms with Gasteiger partial charge in [-0.2, -0.15) is 0 Å². The van der Waals surface area contributed by atoms with Crippen molar-refractivity contribution in [2.45, 2.75) is 20.9 Å². The first kappa shape index (κ1) is 26.9. The molecule has 0 radical (unpaired) electrons. The Bertz CT molecular complexity index is 1640. The smallest absolute Gasteiger partial charge is 0.339 e. The lowest BCUT2D eigenvalue weighted by atomic mass is 10.1. The van der Waals surface area contributed by atoms with Gasteiger partial charge in [0.2, 0.25) is 10.9 Å². The number of rotatable bonds is 5. The summed E-state index contributed by atoms with van der Waals surface area (Å²) in [6, 6.07) is 9.95. The number of halogens is 6. The number of H-pyrrole nitrogens is 2. The van der Waals surface area contributed by atoms with Crippen molar-refractivity contribution in [3.63, 3.8) is 0 Å². The van der Waals surface area contributed by atoms with Crippen molar-refractivity contribution in [3.05, 3.63) is 68.0 Å². The van der Waals surface area contributed by atoms with Crippen molar-refractivity contribution in [2.75, 3.05) is 0 Å². The number of alkyl halides is 6. The molecule has 0 aliphatic carbocycles. The van der Waals surface area contributed by atoms with Gasteiger partial charge in [0.25, 0.3) is 9.70 Å². The van der Waals surface area contributed by atoms with Crippen LogP contribution in [-0.2, 0) is 22.6 Å². The Hall–Kier alpha value is -2.20. The van der Waals surface area contributed by atoms with Crippen LogP contribution in [0.2, 0.25) is 0 Å². The highest BCUT2D eigenvalue weighted by Crippen LogP contribution is 2.27. The van der Waals surface area contributed by atoms with Crippen LogP contribution in [0, 0.1) is 0 Å². The summed E-state index contributed by atoms with van der Waals surface area (Å²) in [5.41, 5.74) is 1.70. The third-order valence-electron chi connectivity index (χ3n) is 5.13. The number of nitrogens with one attached hydrogen (secondary N) is 3. The van der Waals surface area contributed by atoms with Gasteiger partial charge in [0.15, 0.2) is 6.40 Å². The molecule has 0 bridgehead atoms. The number of hydrogen-bond donors (Lipinski definition) is 3. The fraction of sp³-hybridized carbons (Fsp3) is 0.182. The molecule has 14 heteroatoms. The minimum absolute atomic E-state index is 0.0341. The van der Waals surface area contributed by atoms with E-state index in [0.29, 0.717) is 32.9 Å². The monoisotopic (exact) mass is 608 g/mol. The number of aliphatic imine (C=N–C) groups is 1. The molecule has 0 aliphatic rings. The van der Waals surface area contributed by atoms with Crippen LogP contribution in [0.5, 0.6) is 0 Å². The number of aromatic nitrogens is 2. The number of benzene rings is 2. The normalized spacial score (nSPS) is 12.6. The summed E-state index contributed by atoms with van der Waals surface area (Å²) < 4.78 is 0.761. The van der Waals surface area contributed by atoms with E-state index in [1.165, 1.54) is 0 Å². The van der Waals surface area contributed by atoms with E-state index < -0.39 is 13.7 Å². The van der Waals surface area contributed by atoms with Gasteiger partial charge in [-0.25, -0.2) is 0 Å². The van der Waals surface area contributed by atoms with Crippen LogP contribution in [0.4, 0.5) is 0 Å². The van der Waals surface area contributed by atoms with E-state index in [-0.39, 0.29) is 35.0 Å². The van der Waals surface area contributed by atoms with E-state index in [0.717, 1.165) is 6.40 Å². The van der Waals surface area contributed by atoms with Crippen LogP contribution in [0.15, 0.2) is 51.0 Å². The fourth-order valence-electron chi connectivity index (χ4n) is 3.51. The van der Waals surface area contributed by atoms with Crippen molar-refractivity contribution in [2.24, 2.45) is 4.99 Å². The van der Waals surface area contributed by atoms with E-state index >= 15 is 0 Å². The lowest BCUT2D eigenvalue weighted by molar-refractivity contribution is -0.120. The van der Waals surface area contributed by atoms with E-state index in [1.54, 1.807) is 36.4 Å². The zero-order valence-corrected chi connectivity index (χ0v) is 22.3. The number of ether oxygens (including phenoxy) is 1. The molecule has 0 aliphatic heterocycles. The lowest BCUT2D eigenvalue weighted by Crippen LogP contribution is -2.34. The van der Waals surface area contributed by atoms with Crippen LogP contribution in [0.3, 0.4) is 0 Å². The van der Waals surface area contributed by atoms with Gasteiger partial charge in [0.1, 0.15) is 11.0 Å². The molecule has 2 aromatic carbocycles. The zero-order valence-electron chi connectivity index (χ0n) is 17.8. The van der Waals surface area contributed by atoms with Crippen molar-refractivity contribution in [1.29, 1.82) is 0 Å². The van der Waals surface area contributed by atoms with Crippen LogP contribution in [0.1, 0.15) is 11.1 Å². The van der Waals surface area contributed by atoms with Crippen molar-refractivity contribution in [1.82, 2.24) is 15.3 Å². The Morgan fingerprint density at radius 2 is 1.42 bits per heavy atom. The van der Waals surface area contributed by atoms with Crippen molar-refractivity contribution in [3.8, 4) is 0 Å². The molecular formula is C22H14Cl6N4O4. The molecule has 188 valence electrons. The van der Waals surface area contributed by atoms with Crippen LogP contribution < -0.4 is 16.2 Å². The average Bonchev–Trinajstić information content (AvgIpc) is 2.80. The number of hydrogen-bond acceptors (Lipinski definition) is 5. The van der Waals surface area contributed by atoms with Gasteiger partial charge >= 0.3 is 3.98 Å². The number of pyridine rings is 2. The van der Waals surface area contributed by atoms with Crippen LogP contribution in [-0.4, -0.2) is 30.0 Å². The molecule has 0 unspecified atom stereocenters. The number of carbonyl (C=O) groups excluding carboxylic acids is 1. The predicted molar refractivity (Wildman–Crippen MR) is 146 cm³/mol. The topological polar surface area (TPSA) is 116 Å². The Kier molecular flexibility index (Phi) is 7.67. The van der Waals surface area contributed by atoms with Gasteiger partial charge in [0.05, 0.1) is 6.54 Å². The molecule has 2 heterocycles. The van der Waals surface area contributed by atoms with E-state index in [4.69, 9.17) is 74.3 Å². The fourth-order valence-corrected chi connectivity index (χ4v) is 3.83. The Labute approximate surface area is 232 Å². The number of nitrogens with zero attached hydrogens (tertiary/aromatic N) is 1. The minimum atomic E-state index is -2.10. The van der Waals surface area contributed by atoms with Gasteiger partial charge in [-0.1, -0.05) is 46.9 Å². The first-order valence-electron chi connectivity index (χ1n) is 10.0. The highest BCUT2D eigenvalue weighted by atomic mass is 35.6. The summed E-state index contributed by atoms with van der Waals surface area (Å²) in [7, 11) is 0. The maximum atomic E-state index is 13.2. The van der Waals surface area contributed by atoms with Gasteiger partial charge in [0, 0.05) is 28.4 Å². The summed E-state index contributed by atoms with van der Waals surface area (Å²) in [6.07, 6.45) is 1.02. The van der Waals surface area contributed by atoms with Gasteiger partial charge < -0.3 is 20.0 Å². The van der Waals surface area contributed by atoms with E-state index in [9.17, 15) is 14.4 Å². The molecule has 3 N–H and O–H groups in total. The average molecular weight is 611 g/mol. The maximum absolute atomic E-state index is 13.2. The molecule has 2 aromatic heterocycles. The molecule has 0 saturated carbocycles.